The summed E-state index contributed by atoms with van der Waals surface area (Å²) in [5, 5.41) is 1.33. The fourth-order valence-corrected chi connectivity index (χ4v) is 4.51. The largest absolute Gasteiger partial charge is 0.385 e. The molecule has 2 heterocycles. The third-order valence-corrected chi connectivity index (χ3v) is 6.01. The first-order valence-electron chi connectivity index (χ1n) is 9.55. The number of imidazole rings is 1. The van der Waals surface area contributed by atoms with Crippen molar-refractivity contribution in [1.29, 1.82) is 0 Å². The second-order valence-corrected chi connectivity index (χ2v) is 8.19. The average Bonchev–Trinajstić information content (AvgIpc) is 3.12. The molecule has 0 saturated carbocycles. The first-order valence-corrected chi connectivity index (χ1v) is 10.9. The summed E-state index contributed by atoms with van der Waals surface area (Å²) in [5.74, 6) is 0.340. The molecule has 4 aromatic rings. The average molecular weight is 465 g/mol. The summed E-state index contributed by atoms with van der Waals surface area (Å²) in [6.45, 7) is -1.85. The van der Waals surface area contributed by atoms with Crippen molar-refractivity contribution >= 4 is 45.3 Å². The summed E-state index contributed by atoms with van der Waals surface area (Å²) in [4.78, 5) is 22.0. The molecular weight excluding hydrogens is 446 g/mol. The van der Waals surface area contributed by atoms with Gasteiger partial charge in [0.15, 0.2) is 5.16 Å². The van der Waals surface area contributed by atoms with Gasteiger partial charge in [-0.2, -0.15) is 8.78 Å². The molecule has 2 aromatic heterocycles. The second-order valence-electron chi connectivity index (χ2n) is 6.81. The van der Waals surface area contributed by atoms with E-state index in [0.29, 0.717) is 51.7 Å². The Morgan fingerprint density at radius 2 is 1.97 bits per heavy atom. The molecule has 0 bridgehead atoms. The van der Waals surface area contributed by atoms with E-state index in [1.165, 1.54) is 11.8 Å². The molecule has 0 spiro atoms. The van der Waals surface area contributed by atoms with Gasteiger partial charge in [0.05, 0.1) is 27.7 Å². The highest BCUT2D eigenvalue weighted by Crippen LogP contribution is 2.28. The normalized spacial score (nSPS) is 11.8. The van der Waals surface area contributed by atoms with E-state index in [9.17, 15) is 13.6 Å². The number of benzene rings is 2. The number of methoxy groups -OCH3 is 1. The molecule has 4 rings (SSSR count). The second kappa shape index (κ2) is 9.33. The number of aromatic nitrogens is 4. The number of fused-ring (bicyclic) bond motifs is 2. The van der Waals surface area contributed by atoms with Crippen LogP contribution in [0.25, 0.3) is 21.9 Å². The highest BCUT2D eigenvalue weighted by Gasteiger charge is 2.19. The first kappa shape index (κ1) is 21.7. The lowest BCUT2D eigenvalue weighted by molar-refractivity contribution is 0.0722. The van der Waals surface area contributed by atoms with Crippen LogP contribution in [0.5, 0.6) is 0 Å². The van der Waals surface area contributed by atoms with E-state index in [1.807, 2.05) is 0 Å². The Labute approximate surface area is 185 Å². The zero-order valence-corrected chi connectivity index (χ0v) is 18.2. The molecule has 10 heteroatoms. The molecule has 31 heavy (non-hydrogen) atoms. The topological polar surface area (TPSA) is 61.9 Å². The summed E-state index contributed by atoms with van der Waals surface area (Å²) >= 11 is 7.26. The number of ether oxygens (including phenoxy) is 1. The minimum Gasteiger partial charge on any atom is -0.385 e. The standard InChI is InChI=1S/C21H19ClF2N4O2S/c1-30-10-4-9-27-19(29)14-8-7-13(22)11-16(14)26-21(27)31-12-18-25-15-5-2-3-6-17(15)28(18)20(23)24/h2-3,5-8,11,20H,4,9-10,12H2,1H3. The van der Waals surface area contributed by atoms with E-state index < -0.39 is 6.55 Å². The van der Waals surface area contributed by atoms with E-state index in [2.05, 4.69) is 9.97 Å². The van der Waals surface area contributed by atoms with Crippen LogP contribution in [0.15, 0.2) is 52.4 Å². The van der Waals surface area contributed by atoms with Gasteiger partial charge in [-0.1, -0.05) is 35.5 Å². The van der Waals surface area contributed by atoms with Gasteiger partial charge in [-0.3, -0.25) is 13.9 Å². The van der Waals surface area contributed by atoms with Crippen LogP contribution in [-0.4, -0.2) is 32.8 Å². The Bertz CT molecular complexity index is 1290. The van der Waals surface area contributed by atoms with E-state index >= 15 is 0 Å². The molecule has 0 atom stereocenters. The number of hydrogen-bond acceptors (Lipinski definition) is 5. The Kier molecular flexibility index (Phi) is 6.54. The summed E-state index contributed by atoms with van der Waals surface area (Å²) < 4.78 is 35.0. The fourth-order valence-electron chi connectivity index (χ4n) is 3.39. The molecule has 0 amide bonds. The van der Waals surface area contributed by atoms with Crippen LogP contribution in [0, 0.1) is 0 Å². The molecular formula is C21H19ClF2N4O2S. The van der Waals surface area contributed by atoms with E-state index in [4.69, 9.17) is 16.3 Å². The predicted molar refractivity (Wildman–Crippen MR) is 118 cm³/mol. The highest BCUT2D eigenvalue weighted by molar-refractivity contribution is 7.98. The Balaban J connectivity index is 1.73. The van der Waals surface area contributed by atoms with Crippen LogP contribution >= 0.6 is 23.4 Å². The molecule has 0 N–H and O–H groups in total. The third-order valence-electron chi connectivity index (χ3n) is 4.81. The van der Waals surface area contributed by atoms with Crippen molar-refractivity contribution in [3.8, 4) is 0 Å². The first-order chi connectivity index (χ1) is 15.0. The maximum atomic E-state index is 13.7. The lowest BCUT2D eigenvalue weighted by Gasteiger charge is -2.13. The lowest BCUT2D eigenvalue weighted by Crippen LogP contribution is -2.24. The van der Waals surface area contributed by atoms with Crippen LogP contribution in [-0.2, 0) is 17.0 Å². The zero-order chi connectivity index (χ0) is 22.0. The van der Waals surface area contributed by atoms with Gasteiger partial charge in [-0.05, 0) is 36.8 Å². The minimum absolute atomic E-state index is 0.127. The number of thioether (sulfide) groups is 1. The molecule has 0 fully saturated rings. The summed E-state index contributed by atoms with van der Waals surface area (Å²) in [5.41, 5.74) is 1.12. The van der Waals surface area contributed by atoms with Crippen molar-refractivity contribution in [2.24, 2.45) is 0 Å². The Morgan fingerprint density at radius 3 is 2.74 bits per heavy atom. The molecule has 0 aliphatic carbocycles. The quantitative estimate of drug-likeness (QED) is 0.206. The van der Waals surface area contributed by atoms with Crippen LogP contribution in [0.3, 0.4) is 0 Å². The lowest BCUT2D eigenvalue weighted by atomic mass is 10.2. The molecule has 162 valence electrons. The molecule has 2 aromatic carbocycles. The van der Waals surface area contributed by atoms with Gasteiger partial charge in [0.25, 0.3) is 5.56 Å². The number of rotatable bonds is 8. The highest BCUT2D eigenvalue weighted by atomic mass is 35.5. The van der Waals surface area contributed by atoms with Crippen LogP contribution in [0.2, 0.25) is 5.02 Å². The van der Waals surface area contributed by atoms with Crippen molar-refractivity contribution in [1.82, 2.24) is 19.1 Å². The van der Waals surface area contributed by atoms with Gasteiger partial charge >= 0.3 is 6.55 Å². The van der Waals surface area contributed by atoms with Crippen LogP contribution < -0.4 is 5.56 Å². The van der Waals surface area contributed by atoms with Crippen LogP contribution in [0.1, 0.15) is 18.8 Å². The van der Waals surface area contributed by atoms with Crippen LogP contribution in [0.4, 0.5) is 8.78 Å². The van der Waals surface area contributed by atoms with Crippen molar-refractivity contribution < 1.29 is 13.5 Å². The summed E-state index contributed by atoms with van der Waals surface area (Å²) in [6, 6.07) is 11.7. The third kappa shape index (κ3) is 4.44. The van der Waals surface area contributed by atoms with Gasteiger partial charge in [-0.25, -0.2) is 9.97 Å². The van der Waals surface area contributed by atoms with Gasteiger partial charge in [0.1, 0.15) is 5.82 Å². The van der Waals surface area contributed by atoms with Gasteiger partial charge < -0.3 is 4.74 Å². The SMILES string of the molecule is COCCCn1c(SCc2nc3ccccc3n2C(F)F)nc2cc(Cl)ccc2c1=O. The minimum atomic E-state index is -2.73. The number of halogens is 3. The van der Waals surface area contributed by atoms with Crippen molar-refractivity contribution in [2.75, 3.05) is 13.7 Å². The fraction of sp³-hybridized carbons (Fsp3) is 0.286. The summed E-state index contributed by atoms with van der Waals surface area (Å²) in [7, 11) is 1.59. The van der Waals surface area contributed by atoms with Gasteiger partial charge in [0.2, 0.25) is 0 Å². The predicted octanol–water partition coefficient (Wildman–Crippen LogP) is 5.12. The molecule has 0 radical (unpaired) electrons. The molecule has 0 aliphatic rings. The number of alkyl halides is 2. The van der Waals surface area contributed by atoms with Crippen molar-refractivity contribution in [2.45, 2.75) is 30.4 Å². The molecule has 0 aliphatic heterocycles. The van der Waals surface area contributed by atoms with E-state index in [-0.39, 0.29) is 17.1 Å². The van der Waals surface area contributed by atoms with Gasteiger partial charge in [-0.15, -0.1) is 0 Å². The maximum Gasteiger partial charge on any atom is 0.320 e. The van der Waals surface area contributed by atoms with E-state index in [1.54, 1.807) is 54.1 Å². The van der Waals surface area contributed by atoms with Crippen molar-refractivity contribution in [3.63, 3.8) is 0 Å². The van der Waals surface area contributed by atoms with Crippen molar-refractivity contribution in [3.05, 3.63) is 63.7 Å². The summed E-state index contributed by atoms with van der Waals surface area (Å²) in [6.07, 6.45) is 0.611. The zero-order valence-electron chi connectivity index (χ0n) is 16.6. The van der Waals surface area contributed by atoms with E-state index in [0.717, 1.165) is 4.57 Å². The number of hydrogen-bond donors (Lipinski definition) is 0. The molecule has 6 nitrogen and oxygen atoms in total. The Hall–Kier alpha value is -2.49. The number of nitrogens with zero attached hydrogens (tertiary/aromatic N) is 4. The van der Waals surface area contributed by atoms with Gasteiger partial charge in [0, 0.05) is 25.3 Å². The molecule has 0 saturated heterocycles. The Morgan fingerprint density at radius 1 is 1.16 bits per heavy atom. The molecule has 0 unspecified atom stereocenters. The number of para-hydroxylation sites is 2. The monoisotopic (exact) mass is 464 g/mol. The smallest absolute Gasteiger partial charge is 0.320 e. The maximum absolute atomic E-state index is 13.7.